The summed E-state index contributed by atoms with van der Waals surface area (Å²) in [5.74, 6) is 5.17. The minimum atomic E-state index is -5.04. The van der Waals surface area contributed by atoms with Gasteiger partial charge in [-0.3, -0.25) is 4.79 Å². The van der Waals surface area contributed by atoms with Gasteiger partial charge < -0.3 is 14.8 Å². The van der Waals surface area contributed by atoms with Crippen LogP contribution >= 0.6 is 0 Å². The summed E-state index contributed by atoms with van der Waals surface area (Å²) < 4.78 is 88.9. The SMILES string of the molecule is CC1(C)Cc2cccc(OCC#CCNC(=O)c3cc(C(F)(F)F)cc(C(F)(F)F)c3)c2O1. The first-order valence-electron chi connectivity index (χ1n) is 9.73. The van der Waals surface area contributed by atoms with E-state index in [1.165, 1.54) is 0 Å². The van der Waals surface area contributed by atoms with Gasteiger partial charge in [0.05, 0.1) is 17.7 Å². The molecule has 2 aromatic rings. The van der Waals surface area contributed by atoms with Gasteiger partial charge >= 0.3 is 12.4 Å². The minimum absolute atomic E-state index is 0.0426. The summed E-state index contributed by atoms with van der Waals surface area (Å²) in [6, 6.07) is 6.14. The molecule has 0 fully saturated rings. The molecule has 33 heavy (non-hydrogen) atoms. The third-order valence-electron chi connectivity index (χ3n) is 4.67. The van der Waals surface area contributed by atoms with Gasteiger partial charge in [-0.25, -0.2) is 0 Å². The van der Waals surface area contributed by atoms with Gasteiger partial charge in [0.15, 0.2) is 11.5 Å². The molecule has 0 bridgehead atoms. The van der Waals surface area contributed by atoms with Crippen LogP contribution in [0.3, 0.4) is 0 Å². The number of carbonyl (C=O) groups is 1. The summed E-state index contributed by atoms with van der Waals surface area (Å²) in [5, 5.41) is 2.18. The van der Waals surface area contributed by atoms with Gasteiger partial charge in [-0.15, -0.1) is 0 Å². The molecule has 0 atom stereocenters. The highest BCUT2D eigenvalue weighted by Crippen LogP contribution is 2.41. The van der Waals surface area contributed by atoms with E-state index in [0.717, 1.165) is 12.0 Å². The number of amides is 1. The summed E-state index contributed by atoms with van der Waals surface area (Å²) in [6.07, 6.45) is -9.35. The van der Waals surface area contributed by atoms with Crippen LogP contribution in [0.2, 0.25) is 0 Å². The normalized spacial score (nSPS) is 14.5. The Morgan fingerprint density at radius 2 is 1.70 bits per heavy atom. The van der Waals surface area contributed by atoms with E-state index in [9.17, 15) is 31.1 Å². The van der Waals surface area contributed by atoms with Crippen LogP contribution in [0.4, 0.5) is 26.3 Å². The fourth-order valence-electron chi connectivity index (χ4n) is 3.24. The molecule has 0 spiro atoms. The van der Waals surface area contributed by atoms with Crippen molar-refractivity contribution in [2.45, 2.75) is 38.2 Å². The lowest BCUT2D eigenvalue weighted by Crippen LogP contribution is -2.25. The lowest BCUT2D eigenvalue weighted by molar-refractivity contribution is -0.143. The topological polar surface area (TPSA) is 47.6 Å². The third-order valence-corrected chi connectivity index (χ3v) is 4.67. The molecule has 1 N–H and O–H groups in total. The molecular formula is C23H19F6NO3. The lowest BCUT2D eigenvalue weighted by atomic mass is 10.0. The Hall–Kier alpha value is -3.35. The van der Waals surface area contributed by atoms with Crippen LogP contribution < -0.4 is 14.8 Å². The average molecular weight is 471 g/mol. The highest BCUT2D eigenvalue weighted by Gasteiger charge is 2.37. The molecule has 0 radical (unpaired) electrons. The first kappa shape index (κ1) is 24.3. The zero-order chi connectivity index (χ0) is 24.4. The van der Waals surface area contributed by atoms with Crippen molar-refractivity contribution in [1.82, 2.24) is 5.32 Å². The van der Waals surface area contributed by atoms with Crippen molar-refractivity contribution >= 4 is 5.91 Å². The van der Waals surface area contributed by atoms with E-state index in [2.05, 4.69) is 17.2 Å². The maximum Gasteiger partial charge on any atom is 0.416 e. The summed E-state index contributed by atoms with van der Waals surface area (Å²) in [6.45, 7) is 3.54. The van der Waals surface area contributed by atoms with Crippen LogP contribution in [-0.2, 0) is 18.8 Å². The van der Waals surface area contributed by atoms with Crippen molar-refractivity contribution in [2.24, 2.45) is 0 Å². The molecule has 4 nitrogen and oxygen atoms in total. The van der Waals surface area contributed by atoms with Crippen molar-refractivity contribution in [2.75, 3.05) is 13.2 Å². The minimum Gasteiger partial charge on any atom is -0.483 e. The Balaban J connectivity index is 1.60. The second-order valence-corrected chi connectivity index (χ2v) is 7.90. The van der Waals surface area contributed by atoms with Gasteiger partial charge in [0.2, 0.25) is 0 Å². The molecule has 2 aromatic carbocycles. The maximum atomic E-state index is 12.9. The number of benzene rings is 2. The Morgan fingerprint density at radius 1 is 1.06 bits per heavy atom. The van der Waals surface area contributed by atoms with Crippen LogP contribution in [0.25, 0.3) is 0 Å². The Labute approximate surface area is 185 Å². The van der Waals surface area contributed by atoms with Crippen LogP contribution in [0.15, 0.2) is 36.4 Å². The van der Waals surface area contributed by atoms with Crippen LogP contribution in [0, 0.1) is 11.8 Å². The number of hydrogen-bond donors (Lipinski definition) is 1. The second kappa shape index (κ2) is 8.89. The van der Waals surface area contributed by atoms with Crippen molar-refractivity contribution < 1.29 is 40.6 Å². The Kier molecular flexibility index (Phi) is 6.54. The van der Waals surface area contributed by atoms with E-state index < -0.39 is 35.0 Å². The number of hydrogen-bond acceptors (Lipinski definition) is 3. The average Bonchev–Trinajstić information content (AvgIpc) is 3.03. The number of ether oxygens (including phenoxy) is 2. The molecule has 0 aromatic heterocycles. The van der Waals surface area contributed by atoms with E-state index >= 15 is 0 Å². The quantitative estimate of drug-likeness (QED) is 0.490. The smallest absolute Gasteiger partial charge is 0.416 e. The highest BCUT2D eigenvalue weighted by molar-refractivity contribution is 5.94. The summed E-state index contributed by atoms with van der Waals surface area (Å²) >= 11 is 0. The predicted molar refractivity (Wildman–Crippen MR) is 107 cm³/mol. The number of carbonyl (C=O) groups excluding carboxylic acids is 1. The first-order valence-corrected chi connectivity index (χ1v) is 9.73. The van der Waals surface area contributed by atoms with E-state index in [0.29, 0.717) is 23.6 Å². The van der Waals surface area contributed by atoms with Gasteiger partial charge in [-0.2, -0.15) is 26.3 Å². The zero-order valence-electron chi connectivity index (χ0n) is 17.6. The molecular weight excluding hydrogens is 452 g/mol. The van der Waals surface area contributed by atoms with E-state index in [4.69, 9.17) is 9.47 Å². The second-order valence-electron chi connectivity index (χ2n) is 7.90. The molecule has 0 aliphatic carbocycles. The van der Waals surface area contributed by atoms with Gasteiger partial charge in [0.1, 0.15) is 12.2 Å². The molecule has 1 amide bonds. The third kappa shape index (κ3) is 6.12. The van der Waals surface area contributed by atoms with Crippen molar-refractivity contribution in [3.63, 3.8) is 0 Å². The molecule has 0 saturated carbocycles. The Bertz CT molecular complexity index is 1080. The van der Waals surface area contributed by atoms with E-state index in [-0.39, 0.29) is 24.8 Å². The van der Waals surface area contributed by atoms with Gasteiger partial charge in [-0.05, 0) is 38.1 Å². The fourth-order valence-corrected chi connectivity index (χ4v) is 3.24. The monoisotopic (exact) mass is 471 g/mol. The molecule has 1 heterocycles. The van der Waals surface area contributed by atoms with Crippen LogP contribution in [0.1, 0.15) is 40.9 Å². The molecule has 1 aliphatic heterocycles. The molecule has 176 valence electrons. The standard InChI is InChI=1S/C23H19F6NO3/c1-21(2)13-14-6-5-7-18(19(14)33-21)32-9-4-3-8-30-20(31)15-10-16(22(24,25)26)12-17(11-15)23(27,28)29/h5-7,10-12H,8-9,13H2,1-2H3,(H,30,31). The molecule has 0 unspecified atom stereocenters. The number of rotatable bonds is 4. The summed E-state index contributed by atoms with van der Waals surface area (Å²) in [5.41, 5.74) is -3.26. The number of para-hydroxylation sites is 1. The van der Waals surface area contributed by atoms with Gasteiger partial charge in [0, 0.05) is 17.5 Å². The number of fused-ring (bicyclic) bond motifs is 1. The van der Waals surface area contributed by atoms with E-state index in [1.807, 2.05) is 26.0 Å². The number of halogens is 6. The highest BCUT2D eigenvalue weighted by atomic mass is 19.4. The largest absolute Gasteiger partial charge is 0.483 e. The molecule has 0 saturated heterocycles. The molecule has 3 rings (SSSR count). The van der Waals surface area contributed by atoms with Crippen molar-refractivity contribution in [3.05, 3.63) is 58.7 Å². The number of alkyl halides is 6. The van der Waals surface area contributed by atoms with Crippen molar-refractivity contribution in [1.29, 1.82) is 0 Å². The van der Waals surface area contributed by atoms with Crippen LogP contribution in [-0.4, -0.2) is 24.7 Å². The lowest BCUT2D eigenvalue weighted by Gasteiger charge is -2.17. The fraction of sp³-hybridized carbons (Fsp3) is 0.348. The van der Waals surface area contributed by atoms with Gasteiger partial charge in [0.25, 0.3) is 5.91 Å². The predicted octanol–water partition coefficient (Wildman–Crippen LogP) is 5.25. The molecule has 10 heteroatoms. The van der Waals surface area contributed by atoms with Gasteiger partial charge in [-0.1, -0.05) is 24.0 Å². The summed E-state index contributed by atoms with van der Waals surface area (Å²) in [4.78, 5) is 12.1. The Morgan fingerprint density at radius 3 is 2.30 bits per heavy atom. The van der Waals surface area contributed by atoms with Crippen molar-refractivity contribution in [3.8, 4) is 23.3 Å². The summed E-state index contributed by atoms with van der Waals surface area (Å²) in [7, 11) is 0. The van der Waals surface area contributed by atoms with E-state index in [1.54, 1.807) is 6.07 Å². The maximum absolute atomic E-state index is 12.9. The zero-order valence-corrected chi connectivity index (χ0v) is 17.6. The van der Waals surface area contributed by atoms with Crippen LogP contribution in [0.5, 0.6) is 11.5 Å². The molecule has 1 aliphatic rings. The number of nitrogens with one attached hydrogen (secondary N) is 1. The first-order chi connectivity index (χ1) is 15.3.